The van der Waals surface area contributed by atoms with E-state index in [1.807, 2.05) is 0 Å². The first-order valence-corrected chi connectivity index (χ1v) is 5.19. The molecule has 1 rings (SSSR count). The van der Waals surface area contributed by atoms with Crippen molar-refractivity contribution in [2.45, 2.75) is 33.1 Å². The van der Waals surface area contributed by atoms with Crippen molar-refractivity contribution in [2.24, 2.45) is 0 Å². The molecule has 0 amide bonds. The predicted molar refractivity (Wildman–Crippen MR) is 59.2 cm³/mol. The molecule has 1 aromatic rings. The first-order valence-electron chi connectivity index (χ1n) is 5.19. The van der Waals surface area contributed by atoms with Crippen molar-refractivity contribution in [3.63, 3.8) is 0 Å². The van der Waals surface area contributed by atoms with Gasteiger partial charge in [0.1, 0.15) is 0 Å². The Kier molecular flexibility index (Phi) is 4.37. The number of anilines is 1. The molecule has 0 unspecified atom stereocenters. The Morgan fingerprint density at radius 2 is 2.08 bits per heavy atom. The van der Waals surface area contributed by atoms with Gasteiger partial charge >= 0.3 is 0 Å². The van der Waals surface area contributed by atoms with Gasteiger partial charge in [0.15, 0.2) is 0 Å². The van der Waals surface area contributed by atoms with Gasteiger partial charge in [-0.1, -0.05) is 32.4 Å². The van der Waals surface area contributed by atoms with E-state index in [9.17, 15) is 0 Å². The highest BCUT2D eigenvalue weighted by atomic mass is 14.9. The Hall–Kier alpha value is -0.980. The SMILES string of the molecule is CCCCNc1cccc(CC)c1. The molecule has 0 bridgehead atoms. The zero-order chi connectivity index (χ0) is 9.52. The van der Waals surface area contributed by atoms with Crippen LogP contribution in [-0.2, 0) is 6.42 Å². The van der Waals surface area contributed by atoms with E-state index in [-0.39, 0.29) is 0 Å². The molecule has 0 aromatic heterocycles. The third kappa shape index (κ3) is 3.49. The maximum Gasteiger partial charge on any atom is 0.0342 e. The molecule has 1 nitrogen and oxygen atoms in total. The standard InChI is InChI=1S/C12H19N/c1-3-5-9-13-12-8-6-7-11(4-2)10-12/h6-8,10,13H,3-5,9H2,1-2H3. The molecular weight excluding hydrogens is 158 g/mol. The quantitative estimate of drug-likeness (QED) is 0.679. The molecule has 0 atom stereocenters. The van der Waals surface area contributed by atoms with Gasteiger partial charge in [0.2, 0.25) is 0 Å². The highest BCUT2D eigenvalue weighted by Gasteiger charge is 1.92. The van der Waals surface area contributed by atoms with Crippen molar-refractivity contribution in [1.82, 2.24) is 0 Å². The molecule has 0 fully saturated rings. The fraction of sp³-hybridized carbons (Fsp3) is 0.500. The Morgan fingerprint density at radius 1 is 1.23 bits per heavy atom. The van der Waals surface area contributed by atoms with E-state index in [2.05, 4.69) is 43.4 Å². The average molecular weight is 177 g/mol. The van der Waals surface area contributed by atoms with Crippen molar-refractivity contribution in [2.75, 3.05) is 11.9 Å². The Labute approximate surface area is 81.2 Å². The second-order valence-corrected chi connectivity index (χ2v) is 3.33. The maximum absolute atomic E-state index is 3.42. The lowest BCUT2D eigenvalue weighted by atomic mass is 10.1. The van der Waals surface area contributed by atoms with E-state index in [0.29, 0.717) is 0 Å². The maximum atomic E-state index is 3.42. The van der Waals surface area contributed by atoms with Gasteiger partial charge < -0.3 is 5.32 Å². The Balaban J connectivity index is 2.46. The minimum atomic E-state index is 1.09. The first kappa shape index (κ1) is 10.1. The summed E-state index contributed by atoms with van der Waals surface area (Å²) in [5, 5.41) is 3.42. The summed E-state index contributed by atoms with van der Waals surface area (Å²) in [6.45, 7) is 5.49. The highest BCUT2D eigenvalue weighted by Crippen LogP contribution is 2.10. The Morgan fingerprint density at radius 3 is 2.77 bits per heavy atom. The van der Waals surface area contributed by atoms with Gasteiger partial charge in [0, 0.05) is 12.2 Å². The van der Waals surface area contributed by atoms with Gasteiger partial charge in [-0.05, 0) is 30.5 Å². The summed E-state index contributed by atoms with van der Waals surface area (Å²) in [6, 6.07) is 8.66. The Bertz CT molecular complexity index is 243. The molecule has 0 aliphatic carbocycles. The topological polar surface area (TPSA) is 12.0 Å². The number of aryl methyl sites for hydroxylation is 1. The second kappa shape index (κ2) is 5.63. The van der Waals surface area contributed by atoms with Crippen LogP contribution in [-0.4, -0.2) is 6.54 Å². The van der Waals surface area contributed by atoms with Crippen molar-refractivity contribution in [3.05, 3.63) is 29.8 Å². The normalized spacial score (nSPS) is 10.0. The summed E-state index contributed by atoms with van der Waals surface area (Å²) >= 11 is 0. The zero-order valence-electron chi connectivity index (χ0n) is 8.64. The van der Waals surface area contributed by atoms with Gasteiger partial charge in [0.05, 0.1) is 0 Å². The molecule has 1 aromatic carbocycles. The van der Waals surface area contributed by atoms with Gasteiger partial charge in [-0.15, -0.1) is 0 Å². The lowest BCUT2D eigenvalue weighted by molar-refractivity contribution is 0.834. The highest BCUT2D eigenvalue weighted by molar-refractivity contribution is 5.45. The minimum absolute atomic E-state index is 1.09. The molecule has 0 heterocycles. The van der Waals surface area contributed by atoms with E-state index in [0.717, 1.165) is 13.0 Å². The van der Waals surface area contributed by atoms with Crippen LogP contribution in [0.2, 0.25) is 0 Å². The van der Waals surface area contributed by atoms with E-state index < -0.39 is 0 Å². The fourth-order valence-electron chi connectivity index (χ4n) is 1.31. The third-order valence-corrected chi connectivity index (χ3v) is 2.19. The van der Waals surface area contributed by atoms with Crippen LogP contribution in [0.15, 0.2) is 24.3 Å². The van der Waals surface area contributed by atoms with Crippen LogP contribution in [0.4, 0.5) is 5.69 Å². The number of benzene rings is 1. The molecule has 1 N–H and O–H groups in total. The largest absolute Gasteiger partial charge is 0.385 e. The molecule has 13 heavy (non-hydrogen) atoms. The summed E-state index contributed by atoms with van der Waals surface area (Å²) in [7, 11) is 0. The van der Waals surface area contributed by atoms with Crippen LogP contribution in [0.1, 0.15) is 32.3 Å². The number of hydrogen-bond donors (Lipinski definition) is 1. The van der Waals surface area contributed by atoms with Crippen LogP contribution in [0.25, 0.3) is 0 Å². The van der Waals surface area contributed by atoms with Gasteiger partial charge in [-0.3, -0.25) is 0 Å². The number of unbranched alkanes of at least 4 members (excludes halogenated alkanes) is 1. The molecule has 72 valence electrons. The van der Waals surface area contributed by atoms with E-state index in [1.165, 1.54) is 24.1 Å². The number of hydrogen-bond acceptors (Lipinski definition) is 1. The fourth-order valence-corrected chi connectivity index (χ4v) is 1.31. The second-order valence-electron chi connectivity index (χ2n) is 3.33. The van der Waals surface area contributed by atoms with Gasteiger partial charge in [0.25, 0.3) is 0 Å². The molecule has 0 radical (unpaired) electrons. The first-order chi connectivity index (χ1) is 6.36. The van der Waals surface area contributed by atoms with Crippen LogP contribution in [0, 0.1) is 0 Å². The van der Waals surface area contributed by atoms with Crippen LogP contribution >= 0.6 is 0 Å². The zero-order valence-corrected chi connectivity index (χ0v) is 8.64. The predicted octanol–water partition coefficient (Wildman–Crippen LogP) is 3.46. The lowest BCUT2D eigenvalue weighted by Gasteiger charge is -2.06. The summed E-state index contributed by atoms with van der Waals surface area (Å²) < 4.78 is 0. The van der Waals surface area contributed by atoms with Crippen molar-refractivity contribution < 1.29 is 0 Å². The van der Waals surface area contributed by atoms with Crippen molar-refractivity contribution in [3.8, 4) is 0 Å². The van der Waals surface area contributed by atoms with E-state index >= 15 is 0 Å². The number of rotatable bonds is 5. The summed E-state index contributed by atoms with van der Waals surface area (Å²) in [5.41, 5.74) is 2.66. The number of nitrogens with one attached hydrogen (secondary N) is 1. The van der Waals surface area contributed by atoms with E-state index in [4.69, 9.17) is 0 Å². The van der Waals surface area contributed by atoms with E-state index in [1.54, 1.807) is 0 Å². The van der Waals surface area contributed by atoms with Crippen LogP contribution in [0.3, 0.4) is 0 Å². The summed E-state index contributed by atoms with van der Waals surface area (Å²) in [6.07, 6.45) is 3.61. The van der Waals surface area contributed by atoms with Gasteiger partial charge in [-0.2, -0.15) is 0 Å². The summed E-state index contributed by atoms with van der Waals surface area (Å²) in [4.78, 5) is 0. The minimum Gasteiger partial charge on any atom is -0.385 e. The monoisotopic (exact) mass is 177 g/mol. The van der Waals surface area contributed by atoms with Crippen LogP contribution in [0.5, 0.6) is 0 Å². The smallest absolute Gasteiger partial charge is 0.0342 e. The summed E-state index contributed by atoms with van der Waals surface area (Å²) in [5.74, 6) is 0. The molecule has 0 spiro atoms. The van der Waals surface area contributed by atoms with Crippen LogP contribution < -0.4 is 5.32 Å². The van der Waals surface area contributed by atoms with Crippen molar-refractivity contribution in [1.29, 1.82) is 0 Å². The molecule has 0 aliphatic heterocycles. The van der Waals surface area contributed by atoms with Crippen molar-refractivity contribution >= 4 is 5.69 Å². The lowest BCUT2D eigenvalue weighted by Crippen LogP contribution is -2.00. The molecule has 0 saturated carbocycles. The third-order valence-electron chi connectivity index (χ3n) is 2.19. The van der Waals surface area contributed by atoms with Gasteiger partial charge in [-0.25, -0.2) is 0 Å². The molecule has 0 saturated heterocycles. The average Bonchev–Trinajstić information content (AvgIpc) is 2.19. The molecule has 0 aliphatic rings. The molecular formula is C12H19N. The molecule has 1 heteroatoms.